The SMILES string of the molecule is CCCCc1cc(=O)[nH]c(NCCCCCCN)n1. The number of nitrogens with zero attached hydrogens (tertiary/aromatic N) is 1. The van der Waals surface area contributed by atoms with Crippen molar-refractivity contribution >= 4 is 5.95 Å². The molecule has 5 nitrogen and oxygen atoms in total. The van der Waals surface area contributed by atoms with Gasteiger partial charge in [0.25, 0.3) is 5.56 Å². The third-order valence-electron chi connectivity index (χ3n) is 3.00. The van der Waals surface area contributed by atoms with Crippen molar-refractivity contribution in [1.82, 2.24) is 9.97 Å². The summed E-state index contributed by atoms with van der Waals surface area (Å²) in [5, 5.41) is 3.18. The standard InChI is InChI=1S/C14H26N4O/c1-2-3-8-12-11-13(19)18-14(17-12)16-10-7-5-4-6-9-15/h11H,2-10,15H2,1H3,(H2,16,17,18,19). The Bertz CT molecular complexity index is 403. The molecule has 1 aromatic rings. The number of nitrogens with two attached hydrogens (primary N) is 1. The number of anilines is 1. The first-order valence-electron chi connectivity index (χ1n) is 7.30. The van der Waals surface area contributed by atoms with E-state index in [1.165, 1.54) is 6.42 Å². The molecule has 108 valence electrons. The lowest BCUT2D eigenvalue weighted by molar-refractivity contribution is 0.659. The van der Waals surface area contributed by atoms with Gasteiger partial charge in [0.2, 0.25) is 5.95 Å². The Labute approximate surface area is 115 Å². The van der Waals surface area contributed by atoms with Crippen molar-refractivity contribution in [2.75, 3.05) is 18.4 Å². The van der Waals surface area contributed by atoms with Gasteiger partial charge in [-0.1, -0.05) is 26.2 Å². The van der Waals surface area contributed by atoms with Crippen LogP contribution in [0.25, 0.3) is 0 Å². The molecular weight excluding hydrogens is 240 g/mol. The van der Waals surface area contributed by atoms with Gasteiger partial charge in [0, 0.05) is 18.3 Å². The van der Waals surface area contributed by atoms with E-state index < -0.39 is 0 Å². The Morgan fingerprint density at radius 1 is 1.26 bits per heavy atom. The van der Waals surface area contributed by atoms with Gasteiger partial charge >= 0.3 is 0 Å². The average molecular weight is 266 g/mol. The van der Waals surface area contributed by atoms with Gasteiger partial charge in [-0.2, -0.15) is 0 Å². The summed E-state index contributed by atoms with van der Waals surface area (Å²) in [7, 11) is 0. The van der Waals surface area contributed by atoms with Crippen molar-refractivity contribution in [3.8, 4) is 0 Å². The number of hydrogen-bond acceptors (Lipinski definition) is 4. The Balaban J connectivity index is 2.36. The molecule has 0 aliphatic carbocycles. The summed E-state index contributed by atoms with van der Waals surface area (Å²) in [6, 6.07) is 1.59. The van der Waals surface area contributed by atoms with Gasteiger partial charge in [0.05, 0.1) is 0 Å². The van der Waals surface area contributed by atoms with E-state index in [9.17, 15) is 4.79 Å². The fourth-order valence-corrected chi connectivity index (χ4v) is 1.91. The highest BCUT2D eigenvalue weighted by Crippen LogP contribution is 2.03. The van der Waals surface area contributed by atoms with E-state index in [2.05, 4.69) is 22.2 Å². The van der Waals surface area contributed by atoms with Crippen LogP contribution in [0.2, 0.25) is 0 Å². The van der Waals surface area contributed by atoms with Gasteiger partial charge < -0.3 is 11.1 Å². The number of aromatic nitrogens is 2. The minimum Gasteiger partial charge on any atom is -0.356 e. The zero-order chi connectivity index (χ0) is 13.9. The molecule has 0 radical (unpaired) electrons. The predicted octanol–water partition coefficient (Wildman–Crippen LogP) is 2.04. The summed E-state index contributed by atoms with van der Waals surface area (Å²) >= 11 is 0. The molecule has 0 unspecified atom stereocenters. The highest BCUT2D eigenvalue weighted by atomic mass is 16.1. The Kier molecular flexibility index (Phi) is 7.89. The number of hydrogen-bond donors (Lipinski definition) is 3. The fraction of sp³-hybridized carbons (Fsp3) is 0.714. The van der Waals surface area contributed by atoms with Crippen LogP contribution < -0.4 is 16.6 Å². The first-order valence-corrected chi connectivity index (χ1v) is 7.30. The lowest BCUT2D eigenvalue weighted by atomic mass is 10.2. The number of unbranched alkanes of at least 4 members (excludes halogenated alkanes) is 4. The van der Waals surface area contributed by atoms with E-state index in [4.69, 9.17) is 5.73 Å². The molecule has 0 saturated heterocycles. The Morgan fingerprint density at radius 3 is 2.79 bits per heavy atom. The number of aromatic amines is 1. The van der Waals surface area contributed by atoms with E-state index in [1.807, 2.05) is 0 Å². The lowest BCUT2D eigenvalue weighted by Crippen LogP contribution is -2.14. The molecule has 4 N–H and O–H groups in total. The zero-order valence-electron chi connectivity index (χ0n) is 11.9. The molecule has 0 aliphatic rings. The van der Waals surface area contributed by atoms with Gasteiger partial charge in [-0.05, 0) is 32.2 Å². The molecule has 0 aliphatic heterocycles. The molecule has 0 aromatic carbocycles. The summed E-state index contributed by atoms with van der Waals surface area (Å²) in [5.74, 6) is 0.595. The largest absolute Gasteiger partial charge is 0.356 e. The minimum atomic E-state index is -0.0771. The van der Waals surface area contributed by atoms with Crippen molar-refractivity contribution in [2.24, 2.45) is 5.73 Å². The molecule has 0 bridgehead atoms. The molecule has 1 heterocycles. The van der Waals surface area contributed by atoms with E-state index in [0.717, 1.165) is 57.3 Å². The fourth-order valence-electron chi connectivity index (χ4n) is 1.91. The van der Waals surface area contributed by atoms with Gasteiger partial charge in [0.15, 0.2) is 0 Å². The topological polar surface area (TPSA) is 83.8 Å². The van der Waals surface area contributed by atoms with Gasteiger partial charge in [0.1, 0.15) is 0 Å². The summed E-state index contributed by atoms with van der Waals surface area (Å²) < 4.78 is 0. The van der Waals surface area contributed by atoms with E-state index in [1.54, 1.807) is 6.07 Å². The third kappa shape index (κ3) is 6.96. The molecule has 0 atom stereocenters. The van der Waals surface area contributed by atoms with Gasteiger partial charge in [-0.25, -0.2) is 4.98 Å². The normalized spacial score (nSPS) is 10.6. The van der Waals surface area contributed by atoms with E-state index in [0.29, 0.717) is 5.95 Å². The highest BCUT2D eigenvalue weighted by molar-refractivity contribution is 5.24. The zero-order valence-corrected chi connectivity index (χ0v) is 11.9. The van der Waals surface area contributed by atoms with Gasteiger partial charge in [-0.3, -0.25) is 9.78 Å². The van der Waals surface area contributed by atoms with Crippen LogP contribution in [0.3, 0.4) is 0 Å². The van der Waals surface area contributed by atoms with Crippen molar-refractivity contribution in [2.45, 2.75) is 51.9 Å². The summed E-state index contributed by atoms with van der Waals surface area (Å²) in [6.45, 7) is 3.74. The summed E-state index contributed by atoms with van der Waals surface area (Å²) in [4.78, 5) is 18.6. The van der Waals surface area contributed by atoms with Crippen molar-refractivity contribution < 1.29 is 0 Å². The van der Waals surface area contributed by atoms with Crippen LogP contribution in [0.4, 0.5) is 5.95 Å². The van der Waals surface area contributed by atoms with Crippen LogP contribution in [0, 0.1) is 0 Å². The molecule has 1 rings (SSSR count). The maximum atomic E-state index is 11.5. The van der Waals surface area contributed by atoms with Crippen molar-refractivity contribution in [3.05, 3.63) is 22.1 Å². The number of aryl methyl sites for hydroxylation is 1. The Morgan fingerprint density at radius 2 is 2.05 bits per heavy atom. The monoisotopic (exact) mass is 266 g/mol. The second-order valence-corrected chi connectivity index (χ2v) is 4.82. The quantitative estimate of drug-likeness (QED) is 0.566. The maximum absolute atomic E-state index is 11.5. The lowest BCUT2D eigenvalue weighted by Gasteiger charge is -2.06. The van der Waals surface area contributed by atoms with Crippen molar-refractivity contribution in [1.29, 1.82) is 0 Å². The van der Waals surface area contributed by atoms with Crippen molar-refractivity contribution in [3.63, 3.8) is 0 Å². The predicted molar refractivity (Wildman–Crippen MR) is 79.5 cm³/mol. The van der Waals surface area contributed by atoms with Gasteiger partial charge in [-0.15, -0.1) is 0 Å². The Hall–Kier alpha value is -1.36. The van der Waals surface area contributed by atoms with Crippen LogP contribution in [0.1, 0.15) is 51.1 Å². The third-order valence-corrected chi connectivity index (χ3v) is 3.00. The van der Waals surface area contributed by atoms with Crippen LogP contribution in [-0.2, 0) is 6.42 Å². The van der Waals surface area contributed by atoms with Crippen LogP contribution in [0.5, 0.6) is 0 Å². The molecule has 0 amide bonds. The maximum Gasteiger partial charge on any atom is 0.252 e. The van der Waals surface area contributed by atoms with Crippen LogP contribution in [-0.4, -0.2) is 23.1 Å². The second-order valence-electron chi connectivity index (χ2n) is 4.82. The summed E-state index contributed by atoms with van der Waals surface area (Å²) in [6.07, 6.45) is 7.52. The number of H-pyrrole nitrogens is 1. The highest BCUT2D eigenvalue weighted by Gasteiger charge is 2.00. The first kappa shape index (κ1) is 15.7. The smallest absolute Gasteiger partial charge is 0.252 e. The average Bonchev–Trinajstić information content (AvgIpc) is 2.40. The van der Waals surface area contributed by atoms with Crippen LogP contribution in [0.15, 0.2) is 10.9 Å². The second kappa shape index (κ2) is 9.55. The number of rotatable bonds is 10. The first-order chi connectivity index (χ1) is 9.26. The summed E-state index contributed by atoms with van der Waals surface area (Å²) in [5.41, 5.74) is 6.24. The molecule has 19 heavy (non-hydrogen) atoms. The molecule has 0 spiro atoms. The number of nitrogens with one attached hydrogen (secondary N) is 2. The molecule has 5 heteroatoms. The van der Waals surface area contributed by atoms with E-state index >= 15 is 0 Å². The minimum absolute atomic E-state index is 0.0771. The molecule has 0 fully saturated rings. The van der Waals surface area contributed by atoms with Crippen LogP contribution >= 0.6 is 0 Å². The molecule has 0 saturated carbocycles. The molecule has 1 aromatic heterocycles. The van der Waals surface area contributed by atoms with E-state index in [-0.39, 0.29) is 5.56 Å². The molecular formula is C14H26N4O.